The number of hydrogen-bond donors (Lipinski definition) is 0. The highest BCUT2D eigenvalue weighted by molar-refractivity contribution is 7.43. The summed E-state index contributed by atoms with van der Waals surface area (Å²) in [5.41, 5.74) is 3.38. The van der Waals surface area contributed by atoms with Crippen LogP contribution in [0.1, 0.15) is 79.0 Å². The molecule has 0 aliphatic carbocycles. The predicted molar refractivity (Wildman–Crippen MR) is 144 cm³/mol. The molecule has 0 amide bonds. The van der Waals surface area contributed by atoms with Gasteiger partial charge in [0.25, 0.3) is 0 Å². The van der Waals surface area contributed by atoms with E-state index in [1.165, 1.54) is 5.56 Å². The van der Waals surface area contributed by atoms with Crippen LogP contribution in [0.2, 0.25) is 0 Å². The summed E-state index contributed by atoms with van der Waals surface area (Å²) in [6, 6.07) is 24.0. The van der Waals surface area contributed by atoms with Gasteiger partial charge in [-0.3, -0.25) is 0 Å². The zero-order valence-electron chi connectivity index (χ0n) is 22.1. The summed E-state index contributed by atoms with van der Waals surface area (Å²) in [5, 5.41) is 0. The summed E-state index contributed by atoms with van der Waals surface area (Å²) in [5.74, 6) is 2.28. The number of hydrogen-bond acceptors (Lipinski definition) is 3. The molecule has 3 rings (SSSR count). The molecular formula is C30H39O3P. The van der Waals surface area contributed by atoms with Gasteiger partial charge in [0.2, 0.25) is 0 Å². The maximum Gasteiger partial charge on any atom is 0.530 e. The lowest BCUT2D eigenvalue weighted by Gasteiger charge is -2.33. The van der Waals surface area contributed by atoms with Crippen molar-refractivity contribution in [3.8, 4) is 17.2 Å². The Bertz CT molecular complexity index is 996. The molecule has 34 heavy (non-hydrogen) atoms. The quantitative estimate of drug-likeness (QED) is 0.330. The number of rotatable bonds is 6. The summed E-state index contributed by atoms with van der Waals surface area (Å²) >= 11 is 0. The average Bonchev–Trinajstić information content (AvgIpc) is 2.73. The van der Waals surface area contributed by atoms with Gasteiger partial charge in [0, 0.05) is 11.1 Å². The van der Waals surface area contributed by atoms with Crippen LogP contribution in [0.4, 0.5) is 0 Å². The second-order valence-corrected chi connectivity index (χ2v) is 12.8. The fourth-order valence-corrected chi connectivity index (χ4v) is 4.58. The van der Waals surface area contributed by atoms with Gasteiger partial charge in [0.1, 0.15) is 17.2 Å². The van der Waals surface area contributed by atoms with Crippen LogP contribution in [-0.4, -0.2) is 0 Å². The highest BCUT2D eigenvalue weighted by atomic mass is 31.2. The van der Waals surface area contributed by atoms with Gasteiger partial charge < -0.3 is 13.6 Å². The van der Waals surface area contributed by atoms with Crippen LogP contribution in [0.5, 0.6) is 17.2 Å². The van der Waals surface area contributed by atoms with Crippen molar-refractivity contribution in [1.29, 1.82) is 0 Å². The molecule has 0 aliphatic heterocycles. The Hall–Kier alpha value is -2.51. The van der Waals surface area contributed by atoms with Crippen molar-refractivity contribution < 1.29 is 13.6 Å². The van der Waals surface area contributed by atoms with E-state index in [1.807, 2.05) is 60.7 Å². The van der Waals surface area contributed by atoms with Crippen LogP contribution in [0, 0.1) is 0 Å². The van der Waals surface area contributed by atoms with Gasteiger partial charge >= 0.3 is 8.60 Å². The monoisotopic (exact) mass is 478 g/mol. The molecule has 182 valence electrons. The molecule has 0 atom stereocenters. The summed E-state index contributed by atoms with van der Waals surface area (Å²) in [6.45, 7) is 20.1. The topological polar surface area (TPSA) is 27.7 Å². The van der Waals surface area contributed by atoms with Crippen molar-refractivity contribution in [2.75, 3.05) is 0 Å². The summed E-state index contributed by atoms with van der Waals surface area (Å²) < 4.78 is 19.3. The summed E-state index contributed by atoms with van der Waals surface area (Å²) in [4.78, 5) is 0. The standard InChI is InChI=1S/C30H39O3P/c1-28(2,3)22-20-25(29(4,5)6)27(26(21-22)30(7,8)9)33-34(31-23-16-12-10-13-17-23)32-24-18-14-11-15-19-24/h10-21H,1-9H3. The molecule has 0 bridgehead atoms. The van der Waals surface area contributed by atoms with Crippen LogP contribution < -0.4 is 13.6 Å². The highest BCUT2D eigenvalue weighted by Gasteiger charge is 2.33. The van der Waals surface area contributed by atoms with Crippen molar-refractivity contribution in [3.05, 3.63) is 89.5 Å². The lowest BCUT2D eigenvalue weighted by atomic mass is 9.75. The van der Waals surface area contributed by atoms with Crippen LogP contribution in [0.3, 0.4) is 0 Å². The van der Waals surface area contributed by atoms with E-state index in [0.717, 1.165) is 16.9 Å². The SMILES string of the molecule is CC(C)(C)c1cc(C(C)(C)C)c(OP(Oc2ccccc2)Oc2ccccc2)c(C(C)(C)C)c1. The molecule has 0 spiro atoms. The van der Waals surface area contributed by atoms with Crippen LogP contribution in [0.25, 0.3) is 0 Å². The van der Waals surface area contributed by atoms with E-state index >= 15 is 0 Å². The smallest absolute Gasteiger partial charge is 0.409 e. The maximum absolute atomic E-state index is 6.73. The molecule has 3 aromatic rings. The van der Waals surface area contributed by atoms with Crippen molar-refractivity contribution in [2.45, 2.75) is 78.6 Å². The Labute approximate surface area is 207 Å². The lowest BCUT2D eigenvalue weighted by Crippen LogP contribution is -2.23. The van der Waals surface area contributed by atoms with E-state index in [-0.39, 0.29) is 16.2 Å². The Morgan fingerprint density at radius 2 is 0.882 bits per heavy atom. The molecule has 0 fully saturated rings. The third kappa shape index (κ3) is 6.76. The fourth-order valence-electron chi connectivity index (χ4n) is 3.54. The van der Waals surface area contributed by atoms with Crippen molar-refractivity contribution in [1.82, 2.24) is 0 Å². The van der Waals surface area contributed by atoms with Gasteiger partial charge in [-0.15, -0.1) is 0 Å². The lowest BCUT2D eigenvalue weighted by molar-refractivity contribution is 0.375. The molecule has 0 saturated carbocycles. The van der Waals surface area contributed by atoms with Crippen LogP contribution in [-0.2, 0) is 16.2 Å². The van der Waals surface area contributed by atoms with Crippen molar-refractivity contribution in [3.63, 3.8) is 0 Å². The first-order valence-electron chi connectivity index (χ1n) is 11.9. The minimum absolute atomic E-state index is 0.0182. The Morgan fingerprint density at radius 1 is 0.500 bits per heavy atom. The van der Waals surface area contributed by atoms with E-state index < -0.39 is 8.60 Å². The molecule has 0 radical (unpaired) electrons. The minimum atomic E-state index is -1.75. The van der Waals surface area contributed by atoms with Gasteiger partial charge in [0.15, 0.2) is 0 Å². The Morgan fingerprint density at radius 3 is 1.21 bits per heavy atom. The molecule has 0 N–H and O–H groups in total. The van der Waals surface area contributed by atoms with E-state index in [2.05, 4.69) is 74.4 Å². The molecule has 0 unspecified atom stereocenters. The molecule has 0 aliphatic rings. The Balaban J connectivity index is 2.14. The Kier molecular flexibility index (Phi) is 7.68. The van der Waals surface area contributed by atoms with E-state index in [9.17, 15) is 0 Å². The normalized spacial score (nSPS) is 12.5. The van der Waals surface area contributed by atoms with Crippen molar-refractivity contribution >= 4 is 8.60 Å². The van der Waals surface area contributed by atoms with Gasteiger partial charge in [-0.1, -0.05) is 111 Å². The second-order valence-electron chi connectivity index (χ2n) is 11.8. The summed E-state index contributed by atoms with van der Waals surface area (Å²) in [6.07, 6.45) is 0. The molecule has 0 saturated heterocycles. The first kappa shape index (κ1) is 26.1. The molecule has 3 nitrogen and oxygen atoms in total. The van der Waals surface area contributed by atoms with Gasteiger partial charge in [-0.25, -0.2) is 0 Å². The minimum Gasteiger partial charge on any atom is -0.409 e. The zero-order valence-corrected chi connectivity index (χ0v) is 23.0. The van der Waals surface area contributed by atoms with Gasteiger partial charge in [-0.2, -0.15) is 0 Å². The van der Waals surface area contributed by atoms with Crippen LogP contribution in [0.15, 0.2) is 72.8 Å². The highest BCUT2D eigenvalue weighted by Crippen LogP contribution is 2.49. The van der Waals surface area contributed by atoms with Crippen molar-refractivity contribution in [2.24, 2.45) is 0 Å². The fraction of sp³-hybridized carbons (Fsp3) is 0.400. The first-order chi connectivity index (χ1) is 15.7. The summed E-state index contributed by atoms with van der Waals surface area (Å²) in [7, 11) is -1.75. The van der Waals surface area contributed by atoms with Gasteiger partial charge in [-0.05, 0) is 46.1 Å². The van der Waals surface area contributed by atoms with E-state index in [4.69, 9.17) is 13.6 Å². The number of para-hydroxylation sites is 2. The number of benzene rings is 3. The predicted octanol–water partition coefficient (Wildman–Crippen LogP) is 9.34. The maximum atomic E-state index is 6.73. The van der Waals surface area contributed by atoms with Crippen LogP contribution >= 0.6 is 8.60 Å². The first-order valence-corrected chi connectivity index (χ1v) is 13.0. The second kappa shape index (κ2) is 10.0. The average molecular weight is 479 g/mol. The third-order valence-corrected chi connectivity index (χ3v) is 6.63. The van der Waals surface area contributed by atoms with Gasteiger partial charge in [0.05, 0.1) is 0 Å². The third-order valence-electron chi connectivity index (χ3n) is 5.58. The molecular weight excluding hydrogens is 439 g/mol. The zero-order chi connectivity index (χ0) is 25.1. The molecule has 4 heteroatoms. The van der Waals surface area contributed by atoms with E-state index in [0.29, 0.717) is 11.5 Å². The van der Waals surface area contributed by atoms with E-state index in [1.54, 1.807) is 0 Å². The molecule has 0 aromatic heterocycles. The molecule has 3 aromatic carbocycles. The molecule has 0 heterocycles. The largest absolute Gasteiger partial charge is 0.530 e.